The number of nitrogens with zero attached hydrogens (tertiary/aromatic N) is 1. The van der Waals surface area contributed by atoms with E-state index in [0.717, 1.165) is 18.4 Å². The van der Waals surface area contributed by atoms with Crippen LogP contribution in [0.25, 0.3) is 0 Å². The molecular weight excluding hydrogens is 196 g/mol. The third-order valence-electron chi connectivity index (χ3n) is 4.63. The Morgan fingerprint density at radius 2 is 1.56 bits per heavy atom. The van der Waals surface area contributed by atoms with E-state index >= 15 is 0 Å². The lowest BCUT2D eigenvalue weighted by atomic mass is 9.76. The van der Waals surface area contributed by atoms with Crippen LogP contribution in [0.15, 0.2) is 0 Å². The standard InChI is InChI=1S/C14H28N2/c1-15-9-12-16-10-7-14(8-11-16)13-5-3-2-4-6-13/h13-15H,2-12H2,1H3. The first-order chi connectivity index (χ1) is 7.90. The third-order valence-corrected chi connectivity index (χ3v) is 4.63. The summed E-state index contributed by atoms with van der Waals surface area (Å²) >= 11 is 0. The molecule has 2 nitrogen and oxygen atoms in total. The number of hydrogen-bond acceptors (Lipinski definition) is 2. The van der Waals surface area contributed by atoms with Gasteiger partial charge in [-0.05, 0) is 44.8 Å². The largest absolute Gasteiger partial charge is 0.318 e. The summed E-state index contributed by atoms with van der Waals surface area (Å²) in [5.41, 5.74) is 0. The van der Waals surface area contributed by atoms with Crippen LogP contribution < -0.4 is 5.32 Å². The molecule has 0 radical (unpaired) electrons. The molecule has 1 saturated heterocycles. The summed E-state index contributed by atoms with van der Waals surface area (Å²) in [6.45, 7) is 5.09. The maximum Gasteiger partial charge on any atom is 0.0107 e. The second-order valence-corrected chi connectivity index (χ2v) is 5.68. The summed E-state index contributed by atoms with van der Waals surface area (Å²) in [6.07, 6.45) is 10.5. The molecule has 1 aliphatic carbocycles. The molecule has 94 valence electrons. The maximum absolute atomic E-state index is 3.25. The second kappa shape index (κ2) is 6.61. The van der Waals surface area contributed by atoms with Crippen LogP contribution in [0.1, 0.15) is 44.9 Å². The summed E-state index contributed by atoms with van der Waals surface area (Å²) in [6, 6.07) is 0. The van der Waals surface area contributed by atoms with Crippen LogP contribution in [-0.2, 0) is 0 Å². The molecule has 2 rings (SSSR count). The minimum atomic E-state index is 1.06. The van der Waals surface area contributed by atoms with E-state index in [4.69, 9.17) is 0 Å². The molecule has 0 spiro atoms. The van der Waals surface area contributed by atoms with E-state index in [2.05, 4.69) is 17.3 Å². The second-order valence-electron chi connectivity index (χ2n) is 5.68. The lowest BCUT2D eigenvalue weighted by molar-refractivity contribution is 0.128. The molecule has 0 bridgehead atoms. The first-order valence-corrected chi connectivity index (χ1v) is 7.27. The van der Waals surface area contributed by atoms with E-state index < -0.39 is 0 Å². The molecule has 1 aliphatic heterocycles. The Morgan fingerprint density at radius 1 is 0.938 bits per heavy atom. The fraction of sp³-hybridized carbons (Fsp3) is 1.00. The number of rotatable bonds is 4. The molecule has 0 aromatic carbocycles. The number of nitrogens with one attached hydrogen (secondary N) is 1. The third kappa shape index (κ3) is 3.46. The van der Waals surface area contributed by atoms with Crippen molar-refractivity contribution in [1.29, 1.82) is 0 Å². The summed E-state index contributed by atoms with van der Waals surface area (Å²) in [5.74, 6) is 2.14. The van der Waals surface area contributed by atoms with Gasteiger partial charge in [0, 0.05) is 13.1 Å². The SMILES string of the molecule is CNCCN1CCC(C2CCCCC2)CC1. The summed E-state index contributed by atoms with van der Waals surface area (Å²) in [4.78, 5) is 2.63. The van der Waals surface area contributed by atoms with Crippen LogP contribution in [-0.4, -0.2) is 38.1 Å². The highest BCUT2D eigenvalue weighted by molar-refractivity contribution is 4.80. The molecule has 16 heavy (non-hydrogen) atoms. The smallest absolute Gasteiger partial charge is 0.0107 e. The van der Waals surface area contributed by atoms with Crippen LogP contribution >= 0.6 is 0 Å². The van der Waals surface area contributed by atoms with Crippen molar-refractivity contribution in [2.45, 2.75) is 44.9 Å². The zero-order valence-corrected chi connectivity index (χ0v) is 10.9. The van der Waals surface area contributed by atoms with Gasteiger partial charge in [-0.15, -0.1) is 0 Å². The van der Waals surface area contributed by atoms with Crippen molar-refractivity contribution >= 4 is 0 Å². The van der Waals surface area contributed by atoms with Gasteiger partial charge in [-0.1, -0.05) is 32.1 Å². The first-order valence-electron chi connectivity index (χ1n) is 7.27. The van der Waals surface area contributed by atoms with Gasteiger partial charge < -0.3 is 10.2 Å². The van der Waals surface area contributed by atoms with Crippen LogP contribution in [0.3, 0.4) is 0 Å². The average Bonchev–Trinajstić information content (AvgIpc) is 2.38. The lowest BCUT2D eigenvalue weighted by Crippen LogP contribution is -2.39. The molecule has 2 aliphatic rings. The molecule has 2 fully saturated rings. The number of likely N-dealkylation sites (N-methyl/N-ethyl adjacent to an activating group) is 1. The van der Waals surface area contributed by atoms with E-state index in [9.17, 15) is 0 Å². The Hall–Kier alpha value is -0.0800. The Labute approximate surface area is 101 Å². The maximum atomic E-state index is 3.25. The molecule has 0 aromatic heterocycles. The fourth-order valence-corrected chi connectivity index (χ4v) is 3.52. The van der Waals surface area contributed by atoms with Gasteiger partial charge in [-0.25, -0.2) is 0 Å². The summed E-state index contributed by atoms with van der Waals surface area (Å²) in [7, 11) is 2.05. The van der Waals surface area contributed by atoms with Crippen molar-refractivity contribution < 1.29 is 0 Å². The Balaban J connectivity index is 1.67. The van der Waals surface area contributed by atoms with Crippen molar-refractivity contribution in [2.75, 3.05) is 33.2 Å². The first kappa shape index (κ1) is 12.4. The molecule has 0 aromatic rings. The van der Waals surface area contributed by atoms with E-state index in [1.54, 1.807) is 0 Å². The van der Waals surface area contributed by atoms with Gasteiger partial charge in [0.1, 0.15) is 0 Å². The Bertz CT molecular complexity index is 179. The van der Waals surface area contributed by atoms with Crippen LogP contribution in [0.2, 0.25) is 0 Å². The molecule has 0 unspecified atom stereocenters. The Kier molecular flexibility index (Phi) is 5.11. The molecule has 0 atom stereocenters. The predicted molar refractivity (Wildman–Crippen MR) is 69.7 cm³/mol. The van der Waals surface area contributed by atoms with E-state index in [-0.39, 0.29) is 0 Å². The summed E-state index contributed by atoms with van der Waals surface area (Å²) in [5, 5.41) is 3.25. The van der Waals surface area contributed by atoms with Gasteiger partial charge in [-0.2, -0.15) is 0 Å². The van der Waals surface area contributed by atoms with E-state index in [0.29, 0.717) is 0 Å². The quantitative estimate of drug-likeness (QED) is 0.789. The zero-order valence-electron chi connectivity index (χ0n) is 10.9. The molecular formula is C14H28N2. The van der Waals surface area contributed by atoms with Crippen LogP contribution in [0.5, 0.6) is 0 Å². The van der Waals surface area contributed by atoms with Gasteiger partial charge in [0.05, 0.1) is 0 Å². The van der Waals surface area contributed by atoms with Crippen molar-refractivity contribution in [3.05, 3.63) is 0 Å². The highest BCUT2D eigenvalue weighted by Gasteiger charge is 2.27. The number of likely N-dealkylation sites (tertiary alicyclic amines) is 1. The number of piperidine rings is 1. The highest BCUT2D eigenvalue weighted by atomic mass is 15.1. The van der Waals surface area contributed by atoms with Gasteiger partial charge in [-0.3, -0.25) is 0 Å². The molecule has 0 amide bonds. The van der Waals surface area contributed by atoms with E-state index in [1.807, 2.05) is 0 Å². The minimum Gasteiger partial charge on any atom is -0.318 e. The molecule has 2 heteroatoms. The normalized spacial score (nSPS) is 26.1. The Morgan fingerprint density at radius 3 is 2.19 bits per heavy atom. The predicted octanol–water partition coefficient (Wildman–Crippen LogP) is 2.50. The summed E-state index contributed by atoms with van der Waals surface area (Å²) < 4.78 is 0. The van der Waals surface area contributed by atoms with Crippen molar-refractivity contribution in [2.24, 2.45) is 11.8 Å². The molecule has 1 heterocycles. The lowest BCUT2D eigenvalue weighted by Gasteiger charge is -2.37. The van der Waals surface area contributed by atoms with Crippen molar-refractivity contribution in [3.63, 3.8) is 0 Å². The average molecular weight is 224 g/mol. The van der Waals surface area contributed by atoms with Gasteiger partial charge in [0.15, 0.2) is 0 Å². The highest BCUT2D eigenvalue weighted by Crippen LogP contribution is 2.35. The zero-order chi connectivity index (χ0) is 11.2. The topological polar surface area (TPSA) is 15.3 Å². The molecule has 1 N–H and O–H groups in total. The van der Waals surface area contributed by atoms with Crippen LogP contribution in [0, 0.1) is 11.8 Å². The van der Waals surface area contributed by atoms with Crippen molar-refractivity contribution in [3.8, 4) is 0 Å². The van der Waals surface area contributed by atoms with Crippen molar-refractivity contribution in [1.82, 2.24) is 10.2 Å². The van der Waals surface area contributed by atoms with Gasteiger partial charge >= 0.3 is 0 Å². The fourth-order valence-electron chi connectivity index (χ4n) is 3.52. The van der Waals surface area contributed by atoms with Gasteiger partial charge in [0.2, 0.25) is 0 Å². The molecule has 1 saturated carbocycles. The number of hydrogen-bond donors (Lipinski definition) is 1. The monoisotopic (exact) mass is 224 g/mol. The van der Waals surface area contributed by atoms with Crippen LogP contribution in [0.4, 0.5) is 0 Å². The van der Waals surface area contributed by atoms with Gasteiger partial charge in [0.25, 0.3) is 0 Å². The van der Waals surface area contributed by atoms with E-state index in [1.165, 1.54) is 64.6 Å². The minimum absolute atomic E-state index is 1.06.